The predicted octanol–water partition coefficient (Wildman–Crippen LogP) is 2.62. The summed E-state index contributed by atoms with van der Waals surface area (Å²) in [5.41, 5.74) is 0.287. The highest BCUT2D eigenvalue weighted by molar-refractivity contribution is 7.92. The van der Waals surface area contributed by atoms with E-state index in [2.05, 4.69) is 14.8 Å². The average molecular weight is 375 g/mol. The van der Waals surface area contributed by atoms with Crippen LogP contribution in [0.2, 0.25) is 5.02 Å². The SMILES string of the molecule is C[C@@H](OCC(F)(F)F)C(=O)Nc1ccc(NS(C)(=O)=O)c(Cl)c1. The van der Waals surface area contributed by atoms with Crippen molar-refractivity contribution in [2.24, 2.45) is 0 Å². The number of sulfonamides is 1. The second-order valence-electron chi connectivity index (χ2n) is 4.63. The van der Waals surface area contributed by atoms with E-state index in [4.69, 9.17) is 11.6 Å². The van der Waals surface area contributed by atoms with Crippen LogP contribution in [0.25, 0.3) is 0 Å². The van der Waals surface area contributed by atoms with E-state index in [1.54, 1.807) is 0 Å². The van der Waals surface area contributed by atoms with Crippen LogP contribution in [0.4, 0.5) is 24.5 Å². The van der Waals surface area contributed by atoms with Gasteiger partial charge in [-0.05, 0) is 25.1 Å². The molecule has 0 radical (unpaired) electrons. The molecule has 0 heterocycles. The van der Waals surface area contributed by atoms with Gasteiger partial charge in [-0.2, -0.15) is 13.2 Å². The summed E-state index contributed by atoms with van der Waals surface area (Å²) in [5.74, 6) is -0.797. The number of nitrogens with one attached hydrogen (secondary N) is 2. The van der Waals surface area contributed by atoms with Crippen molar-refractivity contribution < 1.29 is 31.1 Å². The fraction of sp³-hybridized carbons (Fsp3) is 0.417. The zero-order valence-electron chi connectivity index (χ0n) is 12.1. The quantitative estimate of drug-likeness (QED) is 0.801. The van der Waals surface area contributed by atoms with Crippen LogP contribution in [-0.4, -0.2) is 39.5 Å². The lowest BCUT2D eigenvalue weighted by Crippen LogP contribution is -2.31. The van der Waals surface area contributed by atoms with Gasteiger partial charge in [-0.25, -0.2) is 8.42 Å². The molecule has 0 saturated carbocycles. The van der Waals surface area contributed by atoms with Gasteiger partial charge >= 0.3 is 6.18 Å². The summed E-state index contributed by atoms with van der Waals surface area (Å²) in [6.07, 6.45) is -4.92. The van der Waals surface area contributed by atoms with Crippen molar-refractivity contribution in [3.05, 3.63) is 23.2 Å². The Balaban J connectivity index is 2.70. The van der Waals surface area contributed by atoms with Gasteiger partial charge in [0.15, 0.2) is 0 Å². The van der Waals surface area contributed by atoms with Gasteiger partial charge in [-0.1, -0.05) is 11.6 Å². The minimum absolute atomic E-state index is 0.0112. The standard InChI is InChI=1S/C12H14ClF3N2O4S/c1-7(22-6-12(14,15)16)11(19)17-8-3-4-10(9(13)5-8)18-23(2,20)21/h3-5,7,18H,6H2,1-2H3,(H,17,19)/t7-/m1/s1. The first-order valence-electron chi connectivity index (χ1n) is 6.14. The van der Waals surface area contributed by atoms with Crippen molar-refractivity contribution in [3.8, 4) is 0 Å². The van der Waals surface area contributed by atoms with Gasteiger partial charge in [0, 0.05) is 5.69 Å². The molecular formula is C12H14ClF3N2O4S. The maximum absolute atomic E-state index is 12.0. The number of hydrogen-bond acceptors (Lipinski definition) is 4. The molecule has 0 spiro atoms. The molecule has 0 aromatic heterocycles. The van der Waals surface area contributed by atoms with E-state index >= 15 is 0 Å². The number of anilines is 2. The summed E-state index contributed by atoms with van der Waals surface area (Å²) in [6, 6.07) is 3.90. The van der Waals surface area contributed by atoms with Gasteiger partial charge in [-0.3, -0.25) is 9.52 Å². The summed E-state index contributed by atoms with van der Waals surface area (Å²) in [5, 5.41) is 2.33. The Hall–Kier alpha value is -1.52. The zero-order valence-corrected chi connectivity index (χ0v) is 13.6. The monoisotopic (exact) mass is 374 g/mol. The van der Waals surface area contributed by atoms with Crippen molar-refractivity contribution in [1.82, 2.24) is 0 Å². The second-order valence-corrected chi connectivity index (χ2v) is 6.78. The summed E-state index contributed by atoms with van der Waals surface area (Å²) < 4.78 is 64.8. The van der Waals surface area contributed by atoms with Gasteiger partial charge in [0.1, 0.15) is 12.7 Å². The molecule has 1 aromatic rings. The number of benzene rings is 1. The highest BCUT2D eigenvalue weighted by Crippen LogP contribution is 2.26. The molecule has 1 amide bonds. The van der Waals surface area contributed by atoms with Gasteiger partial charge in [0.25, 0.3) is 5.91 Å². The molecular weight excluding hydrogens is 361 g/mol. The van der Waals surface area contributed by atoms with Gasteiger partial charge < -0.3 is 10.1 Å². The molecule has 1 aromatic carbocycles. The summed E-state index contributed by atoms with van der Waals surface area (Å²) in [7, 11) is -3.52. The Kier molecular flexibility index (Phi) is 6.25. The Morgan fingerprint density at radius 1 is 1.39 bits per heavy atom. The number of ether oxygens (including phenoxy) is 1. The third-order valence-electron chi connectivity index (χ3n) is 2.40. The minimum atomic E-state index is -4.53. The molecule has 0 aliphatic carbocycles. The molecule has 0 unspecified atom stereocenters. The first-order chi connectivity index (χ1) is 10.4. The van der Waals surface area contributed by atoms with Crippen molar-refractivity contribution in [2.45, 2.75) is 19.2 Å². The maximum atomic E-state index is 12.0. The first kappa shape index (κ1) is 19.5. The van der Waals surface area contributed by atoms with Crippen LogP contribution >= 0.6 is 11.6 Å². The molecule has 0 bridgehead atoms. The minimum Gasteiger partial charge on any atom is -0.359 e. The Bertz CT molecular complexity index is 679. The van der Waals surface area contributed by atoms with Gasteiger partial charge in [-0.15, -0.1) is 0 Å². The number of alkyl halides is 3. The number of carbonyl (C=O) groups excluding carboxylic acids is 1. The normalized spacial score (nSPS) is 13.5. The molecule has 1 rings (SSSR count). The third-order valence-corrected chi connectivity index (χ3v) is 3.30. The number of rotatable bonds is 6. The smallest absolute Gasteiger partial charge is 0.359 e. The van der Waals surface area contributed by atoms with Crippen LogP contribution in [0.5, 0.6) is 0 Å². The molecule has 1 atom stereocenters. The van der Waals surface area contributed by atoms with Gasteiger partial charge in [0.2, 0.25) is 10.0 Å². The highest BCUT2D eigenvalue weighted by atomic mass is 35.5. The van der Waals surface area contributed by atoms with E-state index in [1.807, 2.05) is 0 Å². The lowest BCUT2D eigenvalue weighted by Gasteiger charge is -2.15. The largest absolute Gasteiger partial charge is 0.411 e. The molecule has 0 saturated heterocycles. The molecule has 0 aliphatic rings. The topological polar surface area (TPSA) is 84.5 Å². The average Bonchev–Trinajstić information content (AvgIpc) is 2.37. The van der Waals surface area contributed by atoms with Crippen molar-refractivity contribution in [2.75, 3.05) is 22.9 Å². The van der Waals surface area contributed by atoms with E-state index < -0.39 is 34.8 Å². The fourth-order valence-electron chi connectivity index (χ4n) is 1.41. The van der Waals surface area contributed by atoms with E-state index in [-0.39, 0.29) is 16.4 Å². The van der Waals surface area contributed by atoms with E-state index in [9.17, 15) is 26.4 Å². The summed E-state index contributed by atoms with van der Waals surface area (Å²) >= 11 is 5.86. The number of hydrogen-bond donors (Lipinski definition) is 2. The Morgan fingerprint density at radius 2 is 2.00 bits per heavy atom. The van der Waals surface area contributed by atoms with E-state index in [1.165, 1.54) is 25.1 Å². The van der Waals surface area contributed by atoms with Crippen LogP contribution in [0.1, 0.15) is 6.92 Å². The molecule has 0 aliphatic heterocycles. The lowest BCUT2D eigenvalue weighted by atomic mass is 10.2. The van der Waals surface area contributed by atoms with Crippen molar-refractivity contribution in [3.63, 3.8) is 0 Å². The van der Waals surface area contributed by atoms with Crippen LogP contribution in [-0.2, 0) is 19.6 Å². The van der Waals surface area contributed by atoms with Crippen LogP contribution in [0, 0.1) is 0 Å². The van der Waals surface area contributed by atoms with Crippen LogP contribution < -0.4 is 10.0 Å². The second kappa shape index (κ2) is 7.37. The molecule has 130 valence electrons. The first-order valence-corrected chi connectivity index (χ1v) is 8.41. The van der Waals surface area contributed by atoms with E-state index in [0.29, 0.717) is 0 Å². The van der Waals surface area contributed by atoms with Crippen molar-refractivity contribution in [1.29, 1.82) is 0 Å². The fourth-order valence-corrected chi connectivity index (χ4v) is 2.28. The zero-order chi connectivity index (χ0) is 17.8. The maximum Gasteiger partial charge on any atom is 0.411 e. The molecule has 0 fully saturated rings. The van der Waals surface area contributed by atoms with E-state index in [0.717, 1.165) is 6.26 Å². The third kappa shape index (κ3) is 7.53. The predicted molar refractivity (Wildman–Crippen MR) is 80.0 cm³/mol. The molecule has 2 N–H and O–H groups in total. The summed E-state index contributed by atoms with van der Waals surface area (Å²) in [6.45, 7) is -0.373. The van der Waals surface area contributed by atoms with Crippen LogP contribution in [0.3, 0.4) is 0 Å². The summed E-state index contributed by atoms with van der Waals surface area (Å²) in [4.78, 5) is 11.7. The molecule has 11 heteroatoms. The van der Waals surface area contributed by atoms with Crippen LogP contribution in [0.15, 0.2) is 18.2 Å². The number of amides is 1. The van der Waals surface area contributed by atoms with Crippen molar-refractivity contribution >= 4 is 38.9 Å². The molecule has 6 nitrogen and oxygen atoms in total. The molecule has 23 heavy (non-hydrogen) atoms. The Labute approximate surface area is 136 Å². The number of carbonyl (C=O) groups is 1. The lowest BCUT2D eigenvalue weighted by molar-refractivity contribution is -0.184. The highest BCUT2D eigenvalue weighted by Gasteiger charge is 2.29. The number of halogens is 4. The van der Waals surface area contributed by atoms with Gasteiger partial charge in [0.05, 0.1) is 17.0 Å². The Morgan fingerprint density at radius 3 is 2.48 bits per heavy atom.